The van der Waals surface area contributed by atoms with E-state index in [-0.39, 0.29) is 10.6 Å². The number of rotatable bonds is 9. The molecule has 0 heterocycles. The van der Waals surface area contributed by atoms with E-state index in [1.54, 1.807) is 30.3 Å². The van der Waals surface area contributed by atoms with Crippen LogP contribution in [0.5, 0.6) is 0 Å². The lowest BCUT2D eigenvalue weighted by molar-refractivity contribution is -0.384. The van der Waals surface area contributed by atoms with Crippen molar-refractivity contribution in [1.82, 2.24) is 5.43 Å². The highest BCUT2D eigenvalue weighted by molar-refractivity contribution is 7.92. The first-order valence-corrected chi connectivity index (χ1v) is 11.9. The predicted octanol–water partition coefficient (Wildman–Crippen LogP) is 3.81. The summed E-state index contributed by atoms with van der Waals surface area (Å²) in [6.45, 7) is 3.26. The molecule has 0 spiro atoms. The van der Waals surface area contributed by atoms with E-state index in [1.807, 2.05) is 26.0 Å². The first kappa shape index (κ1) is 24.6. The number of carbonyl (C=O) groups excluding carboxylic acids is 1. The van der Waals surface area contributed by atoms with E-state index in [4.69, 9.17) is 0 Å². The zero-order valence-corrected chi connectivity index (χ0v) is 19.5. The third-order valence-corrected chi connectivity index (χ3v) is 6.80. The van der Waals surface area contributed by atoms with Crippen LogP contribution >= 0.6 is 0 Å². The summed E-state index contributed by atoms with van der Waals surface area (Å²) >= 11 is 0. The van der Waals surface area contributed by atoms with Crippen LogP contribution in [0.3, 0.4) is 0 Å². The number of hydrogen-bond donors (Lipinski definition) is 1. The van der Waals surface area contributed by atoms with E-state index in [2.05, 4.69) is 10.5 Å². The fourth-order valence-corrected chi connectivity index (χ4v) is 4.71. The molecule has 3 aromatic carbocycles. The third-order valence-electron chi connectivity index (χ3n) is 5.02. The lowest BCUT2D eigenvalue weighted by atomic mass is 10.1. The molecule has 0 atom stereocenters. The number of nitrogens with zero attached hydrogens (tertiary/aromatic N) is 3. The van der Waals surface area contributed by atoms with Gasteiger partial charge in [0.2, 0.25) is 0 Å². The van der Waals surface area contributed by atoms with Crippen molar-refractivity contribution in [2.75, 3.05) is 10.8 Å². The van der Waals surface area contributed by atoms with E-state index in [1.165, 1.54) is 36.5 Å². The molecular weight excluding hydrogens is 456 g/mol. The Morgan fingerprint density at radius 1 is 1.09 bits per heavy atom. The molecule has 0 aliphatic heterocycles. The molecule has 0 fully saturated rings. The van der Waals surface area contributed by atoms with Crippen LogP contribution in [0.25, 0.3) is 0 Å². The van der Waals surface area contributed by atoms with Crippen molar-refractivity contribution >= 4 is 33.5 Å². The van der Waals surface area contributed by atoms with Crippen LogP contribution < -0.4 is 9.73 Å². The highest BCUT2D eigenvalue weighted by atomic mass is 32.2. The first-order valence-electron chi connectivity index (χ1n) is 10.5. The molecular formula is C24H24N4O5S. The van der Waals surface area contributed by atoms with Gasteiger partial charge in [-0.05, 0) is 37.1 Å². The van der Waals surface area contributed by atoms with Crippen molar-refractivity contribution in [2.45, 2.75) is 25.2 Å². The second-order valence-corrected chi connectivity index (χ2v) is 9.31. The second kappa shape index (κ2) is 10.7. The summed E-state index contributed by atoms with van der Waals surface area (Å²) in [4.78, 5) is 23.1. The Morgan fingerprint density at radius 3 is 2.47 bits per heavy atom. The average molecular weight is 481 g/mol. The van der Waals surface area contributed by atoms with Crippen molar-refractivity contribution < 1.29 is 18.1 Å². The minimum Gasteiger partial charge on any atom is -0.271 e. The second-order valence-electron chi connectivity index (χ2n) is 7.45. The zero-order valence-electron chi connectivity index (χ0n) is 18.7. The topological polar surface area (TPSA) is 122 Å². The fourth-order valence-electron chi connectivity index (χ4n) is 3.25. The maximum atomic E-state index is 13.5. The summed E-state index contributed by atoms with van der Waals surface area (Å²) in [6, 6.07) is 19.1. The maximum absolute atomic E-state index is 13.5. The summed E-state index contributed by atoms with van der Waals surface area (Å²) in [6.07, 6.45) is 1.83. The van der Waals surface area contributed by atoms with Gasteiger partial charge in [0.1, 0.15) is 6.54 Å². The number of anilines is 1. The molecule has 3 rings (SSSR count). The van der Waals surface area contributed by atoms with Crippen molar-refractivity contribution in [3.8, 4) is 0 Å². The van der Waals surface area contributed by atoms with Crippen LogP contribution in [-0.2, 0) is 21.2 Å². The zero-order chi connectivity index (χ0) is 24.7. The number of benzene rings is 3. The van der Waals surface area contributed by atoms with Gasteiger partial charge in [-0.3, -0.25) is 19.2 Å². The van der Waals surface area contributed by atoms with E-state index in [9.17, 15) is 23.3 Å². The number of nitro groups is 1. The number of sulfonamides is 1. The van der Waals surface area contributed by atoms with Crippen LogP contribution in [0.15, 0.2) is 82.8 Å². The first-order chi connectivity index (χ1) is 16.2. The van der Waals surface area contributed by atoms with Gasteiger partial charge in [0.25, 0.3) is 21.6 Å². The molecule has 3 aromatic rings. The molecule has 0 aromatic heterocycles. The van der Waals surface area contributed by atoms with Crippen molar-refractivity contribution in [2.24, 2.45) is 5.10 Å². The highest BCUT2D eigenvalue weighted by Crippen LogP contribution is 2.27. The molecule has 1 N–H and O–H groups in total. The molecule has 0 bridgehead atoms. The SMILES string of the molecule is CCc1ccccc1N(CC(=O)N/N=C\c1cccc([N+](=O)[O-])c1)S(=O)(=O)c1ccc(C)cc1. The maximum Gasteiger partial charge on any atom is 0.270 e. The number of para-hydroxylation sites is 1. The number of amides is 1. The number of aryl methyl sites for hydroxylation is 2. The molecule has 34 heavy (non-hydrogen) atoms. The van der Waals surface area contributed by atoms with E-state index < -0.39 is 27.4 Å². The van der Waals surface area contributed by atoms with Gasteiger partial charge in [-0.25, -0.2) is 13.8 Å². The minimum atomic E-state index is -4.05. The molecule has 0 aliphatic carbocycles. The number of nitro benzene ring substituents is 1. The summed E-state index contributed by atoms with van der Waals surface area (Å²) in [5.41, 5.74) is 4.69. The molecule has 0 saturated carbocycles. The molecule has 1 amide bonds. The largest absolute Gasteiger partial charge is 0.271 e. The Morgan fingerprint density at radius 2 is 1.79 bits per heavy atom. The molecule has 0 radical (unpaired) electrons. The van der Waals surface area contributed by atoms with Gasteiger partial charge in [-0.2, -0.15) is 5.10 Å². The summed E-state index contributed by atoms with van der Waals surface area (Å²) < 4.78 is 28.0. The van der Waals surface area contributed by atoms with Crippen LogP contribution in [-0.4, -0.2) is 32.0 Å². The van der Waals surface area contributed by atoms with Crippen LogP contribution in [0.1, 0.15) is 23.6 Å². The Labute approximate surface area is 197 Å². The van der Waals surface area contributed by atoms with Crippen molar-refractivity contribution in [3.05, 3.63) is 99.6 Å². The predicted molar refractivity (Wildman–Crippen MR) is 130 cm³/mol. The van der Waals surface area contributed by atoms with E-state index in [0.717, 1.165) is 15.4 Å². The number of nitrogens with one attached hydrogen (secondary N) is 1. The molecule has 0 aliphatic rings. The van der Waals surface area contributed by atoms with Gasteiger partial charge < -0.3 is 0 Å². The van der Waals surface area contributed by atoms with Gasteiger partial charge in [-0.1, -0.05) is 55.0 Å². The summed E-state index contributed by atoms with van der Waals surface area (Å²) in [5.74, 6) is -0.664. The van der Waals surface area contributed by atoms with Gasteiger partial charge in [0.05, 0.1) is 21.7 Å². The number of hydrazone groups is 1. The van der Waals surface area contributed by atoms with E-state index in [0.29, 0.717) is 17.7 Å². The Balaban J connectivity index is 1.87. The number of carbonyl (C=O) groups is 1. The monoisotopic (exact) mass is 480 g/mol. The lowest BCUT2D eigenvalue weighted by Crippen LogP contribution is -2.40. The Kier molecular flexibility index (Phi) is 7.75. The van der Waals surface area contributed by atoms with E-state index >= 15 is 0 Å². The van der Waals surface area contributed by atoms with Gasteiger partial charge in [0, 0.05) is 17.7 Å². The Hall–Kier alpha value is -4.05. The fraction of sp³-hybridized carbons (Fsp3) is 0.167. The normalized spacial score (nSPS) is 11.4. The molecule has 176 valence electrons. The smallest absolute Gasteiger partial charge is 0.270 e. The van der Waals surface area contributed by atoms with Gasteiger partial charge in [0.15, 0.2) is 0 Å². The minimum absolute atomic E-state index is 0.0666. The Bertz CT molecular complexity index is 1320. The number of hydrogen-bond acceptors (Lipinski definition) is 6. The molecule has 9 nitrogen and oxygen atoms in total. The van der Waals surface area contributed by atoms with Crippen LogP contribution in [0.2, 0.25) is 0 Å². The third kappa shape index (κ3) is 5.84. The van der Waals surface area contributed by atoms with Crippen molar-refractivity contribution in [3.63, 3.8) is 0 Å². The van der Waals surface area contributed by atoms with Gasteiger partial charge in [-0.15, -0.1) is 0 Å². The summed E-state index contributed by atoms with van der Waals surface area (Å²) in [5, 5.41) is 14.7. The standard InChI is InChI=1S/C24H24N4O5S/c1-3-20-8-4-5-10-23(20)27(34(32,33)22-13-11-18(2)12-14-22)17-24(29)26-25-16-19-7-6-9-21(15-19)28(30)31/h4-16H,3,17H2,1-2H3,(H,26,29)/b25-16-. The molecule has 0 saturated heterocycles. The number of non-ortho nitro benzene ring substituents is 1. The highest BCUT2D eigenvalue weighted by Gasteiger charge is 2.28. The molecule has 10 heteroatoms. The van der Waals surface area contributed by atoms with Gasteiger partial charge >= 0.3 is 0 Å². The van der Waals surface area contributed by atoms with Crippen LogP contribution in [0, 0.1) is 17.0 Å². The molecule has 0 unspecified atom stereocenters. The van der Waals surface area contributed by atoms with Crippen LogP contribution in [0.4, 0.5) is 11.4 Å². The lowest BCUT2D eigenvalue weighted by Gasteiger charge is -2.25. The quantitative estimate of drug-likeness (QED) is 0.283. The summed E-state index contributed by atoms with van der Waals surface area (Å²) in [7, 11) is -4.05. The average Bonchev–Trinajstić information content (AvgIpc) is 2.83. The van der Waals surface area contributed by atoms with Crippen molar-refractivity contribution in [1.29, 1.82) is 0 Å².